The highest BCUT2D eigenvalue weighted by atomic mass is 16.5. The molecule has 0 spiro atoms. The lowest BCUT2D eigenvalue weighted by Crippen LogP contribution is -2.48. The van der Waals surface area contributed by atoms with Crippen LogP contribution in [0.4, 0.5) is 5.82 Å². The first-order valence-corrected chi connectivity index (χ1v) is 10.7. The third-order valence-electron chi connectivity index (χ3n) is 5.93. The van der Waals surface area contributed by atoms with Gasteiger partial charge in [-0.1, -0.05) is 0 Å². The molecule has 1 aliphatic heterocycles. The average molecular weight is 422 g/mol. The summed E-state index contributed by atoms with van der Waals surface area (Å²) in [5.41, 5.74) is 8.13. The number of ether oxygens (including phenoxy) is 1. The van der Waals surface area contributed by atoms with Crippen molar-refractivity contribution in [3.8, 4) is 11.4 Å². The van der Waals surface area contributed by atoms with Gasteiger partial charge in [0.15, 0.2) is 5.75 Å². The predicted molar refractivity (Wildman–Crippen MR) is 119 cm³/mol. The first kappa shape index (κ1) is 19.5. The van der Waals surface area contributed by atoms with E-state index in [2.05, 4.69) is 26.5 Å². The second kappa shape index (κ2) is 8.33. The topological polar surface area (TPSA) is 105 Å². The average Bonchev–Trinajstić information content (AvgIpc) is 3.56. The van der Waals surface area contributed by atoms with Crippen molar-refractivity contribution in [3.63, 3.8) is 0 Å². The SMILES string of the molecule is COc1cccn(-c2ccc(N[C@H]3CC[C@H](N=C4NC=C(C5CC5)NN4)C3)nc2)c1=O. The molecule has 2 aromatic heterocycles. The van der Waals surface area contributed by atoms with Gasteiger partial charge < -0.3 is 20.8 Å². The fourth-order valence-electron chi connectivity index (χ4n) is 4.08. The Hall–Kier alpha value is -3.49. The molecule has 31 heavy (non-hydrogen) atoms. The van der Waals surface area contributed by atoms with Crippen molar-refractivity contribution in [2.24, 2.45) is 10.9 Å². The van der Waals surface area contributed by atoms with E-state index in [4.69, 9.17) is 9.73 Å². The van der Waals surface area contributed by atoms with Gasteiger partial charge in [-0.2, -0.15) is 0 Å². The van der Waals surface area contributed by atoms with Crippen molar-refractivity contribution >= 4 is 11.8 Å². The van der Waals surface area contributed by atoms with Crippen LogP contribution >= 0.6 is 0 Å². The quantitative estimate of drug-likeness (QED) is 0.565. The lowest BCUT2D eigenvalue weighted by atomic mass is 10.2. The smallest absolute Gasteiger partial charge is 0.297 e. The molecule has 2 saturated carbocycles. The molecule has 2 aromatic rings. The van der Waals surface area contributed by atoms with Crippen molar-refractivity contribution in [2.75, 3.05) is 12.4 Å². The molecule has 0 bridgehead atoms. The maximum absolute atomic E-state index is 12.4. The number of hydrazine groups is 1. The number of pyridine rings is 2. The molecule has 5 rings (SSSR count). The van der Waals surface area contributed by atoms with Crippen LogP contribution in [0.1, 0.15) is 32.1 Å². The predicted octanol–water partition coefficient (Wildman–Crippen LogP) is 1.88. The third-order valence-corrected chi connectivity index (χ3v) is 5.93. The van der Waals surface area contributed by atoms with Crippen LogP contribution in [-0.4, -0.2) is 34.7 Å². The highest BCUT2D eigenvalue weighted by Crippen LogP contribution is 2.34. The Kier molecular flexibility index (Phi) is 5.23. The summed E-state index contributed by atoms with van der Waals surface area (Å²) in [6, 6.07) is 7.80. The number of aliphatic imine (C=N–C) groups is 1. The fraction of sp³-hybridized carbons (Fsp3) is 0.409. The second-order valence-electron chi connectivity index (χ2n) is 8.21. The normalized spacial score (nSPS) is 24.0. The molecule has 4 N–H and O–H groups in total. The summed E-state index contributed by atoms with van der Waals surface area (Å²) in [5.74, 6) is 2.55. The number of nitrogens with one attached hydrogen (secondary N) is 4. The highest BCUT2D eigenvalue weighted by molar-refractivity contribution is 5.81. The minimum atomic E-state index is -0.205. The molecular formula is C22H27N7O2. The Labute approximate surface area is 180 Å². The Balaban J connectivity index is 1.18. The number of nitrogens with zero attached hydrogens (tertiary/aromatic N) is 3. The lowest BCUT2D eigenvalue weighted by Gasteiger charge is -2.21. The van der Waals surface area contributed by atoms with E-state index in [9.17, 15) is 4.79 Å². The first-order chi connectivity index (χ1) is 15.2. The number of anilines is 1. The molecule has 2 fully saturated rings. The molecule has 162 valence electrons. The van der Waals surface area contributed by atoms with Gasteiger partial charge in [0.25, 0.3) is 5.56 Å². The van der Waals surface area contributed by atoms with Crippen LogP contribution < -0.4 is 31.8 Å². The standard InChI is InChI=1S/C22H27N7O2/c1-31-19-3-2-10-29(21(19)30)17-8-9-20(23-12-17)25-15-6-7-16(11-15)26-22-24-13-18(27-28-22)14-4-5-14/h2-3,8-10,12-16,27H,4-7,11H2,1H3,(H,23,25)(H2,24,26,28)/t15-,16-/m0/s1. The zero-order chi connectivity index (χ0) is 21.2. The van der Waals surface area contributed by atoms with Crippen molar-refractivity contribution in [2.45, 2.75) is 44.2 Å². The van der Waals surface area contributed by atoms with Crippen LogP contribution in [0.25, 0.3) is 5.69 Å². The van der Waals surface area contributed by atoms with Gasteiger partial charge in [-0.05, 0) is 56.4 Å². The summed E-state index contributed by atoms with van der Waals surface area (Å²) in [6.45, 7) is 0. The van der Waals surface area contributed by atoms with E-state index in [1.54, 1.807) is 24.5 Å². The van der Waals surface area contributed by atoms with E-state index < -0.39 is 0 Å². The molecule has 0 aromatic carbocycles. The number of methoxy groups -OCH3 is 1. The first-order valence-electron chi connectivity index (χ1n) is 10.7. The van der Waals surface area contributed by atoms with Crippen LogP contribution in [0, 0.1) is 5.92 Å². The van der Waals surface area contributed by atoms with Crippen LogP contribution in [-0.2, 0) is 0 Å². The largest absolute Gasteiger partial charge is 0.491 e. The van der Waals surface area contributed by atoms with Gasteiger partial charge in [0.05, 0.1) is 30.7 Å². The van der Waals surface area contributed by atoms with E-state index in [0.29, 0.717) is 23.4 Å². The molecule has 3 heterocycles. The van der Waals surface area contributed by atoms with E-state index in [1.807, 2.05) is 18.3 Å². The number of guanidine groups is 1. The van der Waals surface area contributed by atoms with Gasteiger partial charge in [0.2, 0.25) is 5.96 Å². The van der Waals surface area contributed by atoms with Crippen molar-refractivity contribution in [3.05, 3.63) is 58.9 Å². The van der Waals surface area contributed by atoms with E-state index in [1.165, 1.54) is 30.2 Å². The number of allylic oxidation sites excluding steroid dienone is 1. The molecule has 0 radical (unpaired) electrons. The summed E-state index contributed by atoms with van der Waals surface area (Å²) in [7, 11) is 1.49. The van der Waals surface area contributed by atoms with Crippen molar-refractivity contribution in [1.82, 2.24) is 25.7 Å². The third kappa shape index (κ3) is 4.35. The number of hydrogen-bond donors (Lipinski definition) is 4. The maximum Gasteiger partial charge on any atom is 0.297 e. The van der Waals surface area contributed by atoms with Crippen molar-refractivity contribution in [1.29, 1.82) is 0 Å². The molecule has 9 nitrogen and oxygen atoms in total. The molecule has 0 unspecified atom stereocenters. The number of rotatable bonds is 6. The van der Waals surface area contributed by atoms with E-state index >= 15 is 0 Å². The Morgan fingerprint density at radius 1 is 1.19 bits per heavy atom. The Morgan fingerprint density at radius 3 is 2.81 bits per heavy atom. The molecule has 2 aliphatic carbocycles. The van der Waals surface area contributed by atoms with Crippen LogP contribution in [0.3, 0.4) is 0 Å². The molecule has 0 saturated heterocycles. The van der Waals surface area contributed by atoms with Crippen LogP contribution in [0.2, 0.25) is 0 Å². The zero-order valence-corrected chi connectivity index (χ0v) is 17.5. The summed E-state index contributed by atoms with van der Waals surface area (Å²) in [4.78, 5) is 21.7. The van der Waals surface area contributed by atoms with Gasteiger partial charge in [-0.25, -0.2) is 9.98 Å². The summed E-state index contributed by atoms with van der Waals surface area (Å²) >= 11 is 0. The van der Waals surface area contributed by atoms with Crippen LogP contribution in [0.15, 0.2) is 58.3 Å². The number of hydrogen-bond acceptors (Lipinski definition) is 6. The van der Waals surface area contributed by atoms with E-state index in [-0.39, 0.29) is 11.6 Å². The minimum absolute atomic E-state index is 0.205. The lowest BCUT2D eigenvalue weighted by molar-refractivity contribution is 0.406. The minimum Gasteiger partial charge on any atom is -0.491 e. The fourth-order valence-corrected chi connectivity index (χ4v) is 4.08. The maximum atomic E-state index is 12.4. The zero-order valence-electron chi connectivity index (χ0n) is 17.5. The van der Waals surface area contributed by atoms with Crippen LogP contribution in [0.5, 0.6) is 5.75 Å². The summed E-state index contributed by atoms with van der Waals surface area (Å²) in [6.07, 6.45) is 11.0. The van der Waals surface area contributed by atoms with Gasteiger partial charge >= 0.3 is 0 Å². The summed E-state index contributed by atoms with van der Waals surface area (Å²) < 4.78 is 6.64. The molecular weight excluding hydrogens is 394 g/mol. The van der Waals surface area contributed by atoms with Gasteiger partial charge in [0.1, 0.15) is 5.82 Å². The summed E-state index contributed by atoms with van der Waals surface area (Å²) in [5, 5.41) is 6.75. The Bertz CT molecular complexity index is 1060. The highest BCUT2D eigenvalue weighted by Gasteiger charge is 2.29. The molecule has 3 aliphatic rings. The Morgan fingerprint density at radius 2 is 2.10 bits per heavy atom. The monoisotopic (exact) mass is 421 g/mol. The molecule has 0 amide bonds. The molecule has 2 atom stereocenters. The van der Waals surface area contributed by atoms with Crippen molar-refractivity contribution < 1.29 is 4.74 Å². The van der Waals surface area contributed by atoms with Gasteiger partial charge in [-0.3, -0.25) is 14.8 Å². The second-order valence-corrected chi connectivity index (χ2v) is 8.21. The van der Waals surface area contributed by atoms with E-state index in [0.717, 1.165) is 31.0 Å². The van der Waals surface area contributed by atoms with Gasteiger partial charge in [-0.15, -0.1) is 0 Å². The molecule has 9 heteroatoms. The number of aromatic nitrogens is 2. The van der Waals surface area contributed by atoms with Gasteiger partial charge in [0, 0.05) is 24.4 Å².